The Morgan fingerprint density at radius 1 is 1.26 bits per heavy atom. The van der Waals surface area contributed by atoms with E-state index in [9.17, 15) is 4.79 Å². The predicted molar refractivity (Wildman–Crippen MR) is 98.5 cm³/mol. The monoisotopic (exact) mass is 395 g/mol. The van der Waals surface area contributed by atoms with Crippen LogP contribution in [-0.2, 0) is 0 Å². The molecule has 1 amide bonds. The van der Waals surface area contributed by atoms with Crippen LogP contribution in [0.5, 0.6) is 5.75 Å². The Hall–Kier alpha value is -1.52. The van der Waals surface area contributed by atoms with Crippen LogP contribution >= 0.6 is 27.5 Å². The molecule has 2 aromatic carbocycles. The molecule has 2 aromatic rings. The third-order valence-corrected chi connectivity index (χ3v) is 3.95. The second kappa shape index (κ2) is 8.37. The normalized spacial score (nSPS) is 10.7. The zero-order valence-electron chi connectivity index (χ0n) is 13.1. The Morgan fingerprint density at radius 3 is 2.74 bits per heavy atom. The van der Waals surface area contributed by atoms with Crippen LogP contribution in [-0.4, -0.2) is 12.5 Å². The van der Waals surface area contributed by atoms with E-state index in [1.54, 1.807) is 36.4 Å². The van der Waals surface area contributed by atoms with Gasteiger partial charge in [0.15, 0.2) is 0 Å². The van der Waals surface area contributed by atoms with E-state index >= 15 is 0 Å². The molecule has 0 atom stereocenters. The topological polar surface area (TPSA) is 38.3 Å². The Bertz CT molecular complexity index is 688. The second-order valence-electron chi connectivity index (χ2n) is 5.64. The molecule has 0 bridgehead atoms. The van der Waals surface area contributed by atoms with Gasteiger partial charge in [0.25, 0.3) is 5.91 Å². The van der Waals surface area contributed by atoms with Gasteiger partial charge in [0.2, 0.25) is 0 Å². The summed E-state index contributed by atoms with van der Waals surface area (Å²) in [4.78, 5) is 12.5. The maximum Gasteiger partial charge on any atom is 0.259 e. The average Bonchev–Trinajstić information content (AvgIpc) is 2.48. The zero-order chi connectivity index (χ0) is 16.8. The summed E-state index contributed by atoms with van der Waals surface area (Å²) in [7, 11) is 0. The molecule has 0 spiro atoms. The first-order valence-corrected chi connectivity index (χ1v) is 8.62. The van der Waals surface area contributed by atoms with E-state index < -0.39 is 0 Å². The van der Waals surface area contributed by atoms with Crippen molar-refractivity contribution in [2.24, 2.45) is 5.92 Å². The Labute approximate surface area is 150 Å². The number of ether oxygens (including phenoxy) is 1. The van der Waals surface area contributed by atoms with E-state index in [1.165, 1.54) is 0 Å². The fraction of sp³-hybridized carbons (Fsp3) is 0.278. The van der Waals surface area contributed by atoms with Gasteiger partial charge in [-0.25, -0.2) is 0 Å². The molecule has 0 heterocycles. The van der Waals surface area contributed by atoms with Gasteiger partial charge in [-0.1, -0.05) is 47.4 Å². The van der Waals surface area contributed by atoms with Crippen molar-refractivity contribution in [2.45, 2.75) is 20.3 Å². The summed E-state index contributed by atoms with van der Waals surface area (Å²) in [6, 6.07) is 12.5. The van der Waals surface area contributed by atoms with Gasteiger partial charge in [0, 0.05) is 15.2 Å². The summed E-state index contributed by atoms with van der Waals surface area (Å²) in [5.41, 5.74) is 1.14. The van der Waals surface area contributed by atoms with Gasteiger partial charge in [-0.2, -0.15) is 0 Å². The molecule has 3 nitrogen and oxygen atoms in total. The van der Waals surface area contributed by atoms with Crippen molar-refractivity contribution in [1.29, 1.82) is 0 Å². The van der Waals surface area contributed by atoms with Gasteiger partial charge in [-0.15, -0.1) is 0 Å². The van der Waals surface area contributed by atoms with Crippen LogP contribution in [0.4, 0.5) is 5.69 Å². The van der Waals surface area contributed by atoms with E-state index in [1.807, 2.05) is 6.07 Å². The molecular weight excluding hydrogens is 378 g/mol. The van der Waals surface area contributed by atoms with Crippen molar-refractivity contribution >= 4 is 39.1 Å². The fourth-order valence-electron chi connectivity index (χ4n) is 1.97. The van der Waals surface area contributed by atoms with Gasteiger partial charge in [-0.3, -0.25) is 4.79 Å². The molecule has 1 N–H and O–H groups in total. The minimum atomic E-state index is -0.229. The molecule has 0 unspecified atom stereocenters. The lowest BCUT2D eigenvalue weighted by atomic mass is 10.1. The summed E-state index contributed by atoms with van der Waals surface area (Å²) in [6.45, 7) is 4.85. The molecule has 23 heavy (non-hydrogen) atoms. The van der Waals surface area contributed by atoms with E-state index in [-0.39, 0.29) is 5.91 Å². The van der Waals surface area contributed by atoms with Crippen LogP contribution in [0.25, 0.3) is 0 Å². The number of anilines is 1. The summed E-state index contributed by atoms with van der Waals surface area (Å²) >= 11 is 9.34. The van der Waals surface area contributed by atoms with Crippen LogP contribution in [0.3, 0.4) is 0 Å². The van der Waals surface area contributed by atoms with E-state index in [4.69, 9.17) is 16.3 Å². The average molecular weight is 397 g/mol. The van der Waals surface area contributed by atoms with E-state index in [0.717, 1.165) is 10.9 Å². The molecule has 5 heteroatoms. The van der Waals surface area contributed by atoms with Crippen molar-refractivity contribution in [3.05, 3.63) is 57.5 Å². The molecule has 0 radical (unpaired) electrons. The number of hydrogen-bond donors (Lipinski definition) is 1. The van der Waals surface area contributed by atoms with E-state index in [0.29, 0.717) is 34.5 Å². The minimum Gasteiger partial charge on any atom is -0.493 e. The molecule has 0 aromatic heterocycles. The highest BCUT2D eigenvalue weighted by atomic mass is 79.9. The highest BCUT2D eigenvalue weighted by Crippen LogP contribution is 2.25. The summed E-state index contributed by atoms with van der Waals surface area (Å²) in [6.07, 6.45) is 0.936. The highest BCUT2D eigenvalue weighted by Gasteiger charge is 2.14. The standard InChI is InChI=1S/C18H19BrClNO2/c1-12(2)8-9-23-17-7-6-13(19)10-16(17)18(22)21-15-5-3-4-14(20)11-15/h3-7,10-12H,8-9H2,1-2H3,(H,21,22). The third-order valence-electron chi connectivity index (χ3n) is 3.22. The number of nitrogens with one attached hydrogen (secondary N) is 1. The number of rotatable bonds is 6. The summed E-state index contributed by atoms with van der Waals surface area (Å²) < 4.78 is 6.60. The van der Waals surface area contributed by atoms with Crippen LogP contribution in [0.2, 0.25) is 5.02 Å². The lowest BCUT2D eigenvalue weighted by Gasteiger charge is -2.13. The number of benzene rings is 2. The summed E-state index contributed by atoms with van der Waals surface area (Å²) in [5, 5.41) is 3.42. The number of halogens is 2. The van der Waals surface area contributed by atoms with Gasteiger partial charge in [0.05, 0.1) is 12.2 Å². The number of hydrogen-bond acceptors (Lipinski definition) is 2. The summed E-state index contributed by atoms with van der Waals surface area (Å²) in [5.74, 6) is 0.899. The molecule has 0 aliphatic heterocycles. The van der Waals surface area contributed by atoms with Gasteiger partial charge >= 0.3 is 0 Å². The van der Waals surface area contributed by atoms with Gasteiger partial charge in [-0.05, 0) is 48.7 Å². The van der Waals surface area contributed by atoms with Gasteiger partial charge in [0.1, 0.15) is 5.75 Å². The maximum atomic E-state index is 12.5. The quantitative estimate of drug-likeness (QED) is 0.672. The molecule has 0 aliphatic carbocycles. The molecule has 0 saturated heterocycles. The maximum absolute atomic E-state index is 12.5. The van der Waals surface area contributed by atoms with Crippen molar-refractivity contribution in [2.75, 3.05) is 11.9 Å². The molecule has 122 valence electrons. The van der Waals surface area contributed by atoms with Crippen LogP contribution in [0, 0.1) is 5.92 Å². The van der Waals surface area contributed by atoms with E-state index in [2.05, 4.69) is 35.1 Å². The Balaban J connectivity index is 2.16. The van der Waals surface area contributed by atoms with Crippen LogP contribution in [0.1, 0.15) is 30.6 Å². The zero-order valence-corrected chi connectivity index (χ0v) is 15.4. The number of carbonyl (C=O) groups excluding carboxylic acids is 1. The molecule has 0 saturated carbocycles. The first kappa shape index (κ1) is 17.8. The number of amides is 1. The first-order valence-electron chi connectivity index (χ1n) is 7.45. The largest absolute Gasteiger partial charge is 0.493 e. The van der Waals surface area contributed by atoms with Crippen molar-refractivity contribution in [3.8, 4) is 5.75 Å². The highest BCUT2D eigenvalue weighted by molar-refractivity contribution is 9.10. The van der Waals surface area contributed by atoms with Crippen LogP contribution < -0.4 is 10.1 Å². The lowest BCUT2D eigenvalue weighted by molar-refractivity contribution is 0.102. The number of carbonyl (C=O) groups is 1. The van der Waals surface area contributed by atoms with Crippen LogP contribution in [0.15, 0.2) is 46.9 Å². The SMILES string of the molecule is CC(C)CCOc1ccc(Br)cc1C(=O)Nc1cccc(Cl)c1. The van der Waals surface area contributed by atoms with Crippen molar-refractivity contribution in [1.82, 2.24) is 0 Å². The predicted octanol–water partition coefficient (Wildman–Crippen LogP) is 5.78. The van der Waals surface area contributed by atoms with Crippen molar-refractivity contribution < 1.29 is 9.53 Å². The first-order chi connectivity index (χ1) is 11.0. The molecule has 0 aliphatic rings. The minimum absolute atomic E-state index is 0.229. The van der Waals surface area contributed by atoms with Gasteiger partial charge < -0.3 is 10.1 Å². The molecule has 2 rings (SSSR count). The Morgan fingerprint density at radius 2 is 2.04 bits per heavy atom. The molecular formula is C18H19BrClNO2. The second-order valence-corrected chi connectivity index (χ2v) is 6.99. The molecule has 0 fully saturated rings. The smallest absolute Gasteiger partial charge is 0.259 e. The lowest BCUT2D eigenvalue weighted by Crippen LogP contribution is -2.14. The fourth-order valence-corrected chi connectivity index (χ4v) is 2.53. The van der Waals surface area contributed by atoms with Crippen molar-refractivity contribution in [3.63, 3.8) is 0 Å². The Kier molecular flexibility index (Phi) is 6.48. The third kappa shape index (κ3) is 5.56.